The largest absolute Gasteiger partial charge is 0.490 e. The van der Waals surface area contributed by atoms with Gasteiger partial charge < -0.3 is 14.9 Å². The molecule has 6 atom stereocenters. The van der Waals surface area contributed by atoms with Crippen LogP contribution < -0.4 is 4.74 Å². The number of carbonyl (C=O) groups is 1. The summed E-state index contributed by atoms with van der Waals surface area (Å²) >= 11 is 0. The Bertz CT molecular complexity index is 761. The summed E-state index contributed by atoms with van der Waals surface area (Å²) in [6.45, 7) is 6.12. The van der Waals surface area contributed by atoms with Crippen molar-refractivity contribution in [2.45, 2.75) is 76.7 Å². The van der Waals surface area contributed by atoms with Gasteiger partial charge in [-0.2, -0.15) is 0 Å². The first-order valence-corrected chi connectivity index (χ1v) is 10.4. The molecule has 2 aliphatic heterocycles. The normalized spacial score (nSPS) is 28.8. The van der Waals surface area contributed by atoms with Gasteiger partial charge in [0, 0.05) is 18.0 Å². The number of aliphatic hydroxyl groups is 1. The highest BCUT2D eigenvalue weighted by Crippen LogP contribution is 2.44. The summed E-state index contributed by atoms with van der Waals surface area (Å²) in [4.78, 5) is 11.1. The van der Waals surface area contributed by atoms with E-state index in [-0.39, 0.29) is 18.7 Å². The van der Waals surface area contributed by atoms with E-state index in [9.17, 15) is 15.2 Å². The van der Waals surface area contributed by atoms with Crippen LogP contribution >= 0.6 is 0 Å². The summed E-state index contributed by atoms with van der Waals surface area (Å²) in [7, 11) is 0. The molecule has 1 aromatic carbocycles. The summed E-state index contributed by atoms with van der Waals surface area (Å²) in [6, 6.07) is 5.62. The first-order valence-electron chi connectivity index (χ1n) is 10.4. The highest BCUT2D eigenvalue weighted by atomic mass is 16.5. The molecule has 0 aliphatic carbocycles. The highest BCUT2D eigenvalue weighted by Gasteiger charge is 2.40. The monoisotopic (exact) mass is 383 g/mol. The van der Waals surface area contributed by atoms with Crippen LogP contribution in [-0.2, 0) is 11.2 Å². The zero-order chi connectivity index (χ0) is 20.4. The SMILES string of the molecule is CC1CCC(CC(C)C2CC(O)c3ccc(CC(C)C(=O)O)cc3O2)B1C#N. The second kappa shape index (κ2) is 8.57. The van der Waals surface area contributed by atoms with Gasteiger partial charge in [-0.1, -0.05) is 51.6 Å². The van der Waals surface area contributed by atoms with Gasteiger partial charge in [-0.15, -0.1) is 0 Å². The van der Waals surface area contributed by atoms with Crippen LogP contribution in [0.15, 0.2) is 18.2 Å². The van der Waals surface area contributed by atoms with Crippen molar-refractivity contribution in [3.8, 4) is 11.7 Å². The number of fused-ring (bicyclic) bond motifs is 1. The molecule has 0 radical (unpaired) electrons. The number of carboxylic acid groups (broad SMARTS) is 1. The smallest absolute Gasteiger partial charge is 0.306 e. The van der Waals surface area contributed by atoms with Gasteiger partial charge in [-0.3, -0.25) is 4.79 Å². The lowest BCUT2D eigenvalue weighted by molar-refractivity contribution is -0.141. The number of aliphatic carboxylic acids is 1. The fraction of sp³-hybridized carbons (Fsp3) is 0.636. The Kier molecular flexibility index (Phi) is 6.35. The molecule has 2 N–H and O–H groups in total. The van der Waals surface area contributed by atoms with Gasteiger partial charge in [0.2, 0.25) is 0 Å². The van der Waals surface area contributed by atoms with Crippen molar-refractivity contribution < 1.29 is 19.7 Å². The van der Waals surface area contributed by atoms with Crippen molar-refractivity contribution in [3.63, 3.8) is 0 Å². The number of nitriles is 1. The molecule has 1 aromatic rings. The van der Waals surface area contributed by atoms with Crippen molar-refractivity contribution >= 4 is 12.7 Å². The minimum atomic E-state index is -0.817. The third-order valence-corrected chi connectivity index (χ3v) is 6.71. The molecule has 150 valence electrons. The number of hydrogen-bond acceptors (Lipinski definition) is 4. The molecule has 6 unspecified atom stereocenters. The van der Waals surface area contributed by atoms with Crippen LogP contribution in [0.4, 0.5) is 0 Å². The van der Waals surface area contributed by atoms with Gasteiger partial charge in [0.25, 0.3) is 6.71 Å². The van der Waals surface area contributed by atoms with Crippen molar-refractivity contribution in [1.29, 1.82) is 5.26 Å². The number of carboxylic acids is 1. The highest BCUT2D eigenvalue weighted by molar-refractivity contribution is 6.70. The number of aliphatic hydroxyl groups excluding tert-OH is 1. The Morgan fingerprint density at radius 3 is 2.82 bits per heavy atom. The first kappa shape index (κ1) is 20.7. The second-order valence-electron chi connectivity index (χ2n) is 8.91. The minimum Gasteiger partial charge on any atom is -0.490 e. The molecule has 5 nitrogen and oxygen atoms in total. The molecule has 0 bridgehead atoms. The van der Waals surface area contributed by atoms with Crippen molar-refractivity contribution in [2.75, 3.05) is 0 Å². The van der Waals surface area contributed by atoms with Gasteiger partial charge in [0.15, 0.2) is 0 Å². The van der Waals surface area contributed by atoms with Crippen LogP contribution in [0, 0.1) is 23.1 Å². The number of rotatable bonds is 6. The Morgan fingerprint density at radius 1 is 1.39 bits per heavy atom. The van der Waals surface area contributed by atoms with Gasteiger partial charge >= 0.3 is 5.97 Å². The Hall–Kier alpha value is -2.00. The molecule has 3 rings (SSSR count). The van der Waals surface area contributed by atoms with E-state index in [1.807, 2.05) is 18.2 Å². The molecule has 0 amide bonds. The maximum atomic E-state index is 11.1. The third-order valence-electron chi connectivity index (χ3n) is 6.71. The lowest BCUT2D eigenvalue weighted by atomic mass is 9.38. The number of hydrogen-bond donors (Lipinski definition) is 2. The van der Waals surface area contributed by atoms with Crippen molar-refractivity contribution in [1.82, 2.24) is 0 Å². The predicted molar refractivity (Wildman–Crippen MR) is 108 cm³/mol. The molecular formula is C22H30BNO4. The summed E-state index contributed by atoms with van der Waals surface area (Å²) in [5.74, 6) is 2.99. The second-order valence-corrected chi connectivity index (χ2v) is 8.91. The quantitative estimate of drug-likeness (QED) is 0.716. The van der Waals surface area contributed by atoms with Crippen molar-refractivity contribution in [2.24, 2.45) is 11.8 Å². The molecule has 2 heterocycles. The zero-order valence-electron chi connectivity index (χ0n) is 17.0. The van der Waals surface area contributed by atoms with E-state index < -0.39 is 18.0 Å². The summed E-state index contributed by atoms with van der Waals surface area (Å²) in [6.07, 6.45) is 3.46. The third kappa shape index (κ3) is 4.36. The zero-order valence-corrected chi connectivity index (χ0v) is 17.0. The molecule has 0 spiro atoms. The summed E-state index contributed by atoms with van der Waals surface area (Å²) in [5.41, 5.74) is 1.68. The Labute approximate surface area is 167 Å². The van der Waals surface area contributed by atoms with E-state index in [0.717, 1.165) is 30.4 Å². The average molecular weight is 383 g/mol. The number of ether oxygens (including phenoxy) is 1. The Morgan fingerprint density at radius 2 is 2.14 bits per heavy atom. The van der Waals surface area contributed by atoms with E-state index in [2.05, 4.69) is 19.8 Å². The molecule has 6 heteroatoms. The van der Waals surface area contributed by atoms with E-state index in [0.29, 0.717) is 30.2 Å². The van der Waals surface area contributed by atoms with Crippen LogP contribution in [0.2, 0.25) is 11.6 Å². The fourth-order valence-electron chi connectivity index (χ4n) is 4.86. The van der Waals surface area contributed by atoms with Gasteiger partial charge in [0.05, 0.1) is 12.0 Å². The molecule has 1 saturated heterocycles. The number of benzene rings is 1. The minimum absolute atomic E-state index is 0.0927. The average Bonchev–Trinajstić information content (AvgIpc) is 3.00. The van der Waals surface area contributed by atoms with E-state index >= 15 is 0 Å². The van der Waals surface area contributed by atoms with Gasteiger partial charge in [-0.05, 0) is 36.2 Å². The lowest BCUT2D eigenvalue weighted by Gasteiger charge is -2.34. The topological polar surface area (TPSA) is 90.6 Å². The maximum absolute atomic E-state index is 11.1. The predicted octanol–water partition coefficient (Wildman–Crippen LogP) is 4.27. The molecule has 1 fully saturated rings. The molecular weight excluding hydrogens is 353 g/mol. The summed E-state index contributed by atoms with van der Waals surface area (Å²) in [5, 5.41) is 29.2. The first-order chi connectivity index (χ1) is 13.3. The van der Waals surface area contributed by atoms with Crippen LogP contribution in [0.5, 0.6) is 5.75 Å². The lowest BCUT2D eigenvalue weighted by Crippen LogP contribution is -2.33. The van der Waals surface area contributed by atoms with Crippen molar-refractivity contribution in [3.05, 3.63) is 29.3 Å². The molecule has 2 aliphatic rings. The Balaban J connectivity index is 1.70. The summed E-state index contributed by atoms with van der Waals surface area (Å²) < 4.78 is 6.26. The molecule has 28 heavy (non-hydrogen) atoms. The maximum Gasteiger partial charge on any atom is 0.306 e. The van der Waals surface area contributed by atoms with Crippen LogP contribution in [-0.4, -0.2) is 29.0 Å². The van der Waals surface area contributed by atoms with Gasteiger partial charge in [-0.25, -0.2) is 5.26 Å². The number of nitrogens with zero attached hydrogens (tertiary/aromatic N) is 1. The van der Waals surface area contributed by atoms with Gasteiger partial charge in [0.1, 0.15) is 11.9 Å². The standard InChI is InChI=1S/C22H30BNO4/c1-13(9-17-6-4-15(3)23(17)12-24)20-11-19(25)18-7-5-16(10-21(18)28-20)8-14(2)22(26)27/h5,7,10,13-15,17,19-20,25H,4,6,8-9,11H2,1-3H3,(H,26,27). The molecule has 0 saturated carbocycles. The van der Waals surface area contributed by atoms with E-state index in [1.54, 1.807) is 6.92 Å². The van der Waals surface area contributed by atoms with Crippen LogP contribution in [0.1, 0.15) is 63.7 Å². The van der Waals surface area contributed by atoms with E-state index in [4.69, 9.17) is 9.84 Å². The van der Waals surface area contributed by atoms with Crippen LogP contribution in [0.3, 0.4) is 0 Å². The van der Waals surface area contributed by atoms with Crippen LogP contribution in [0.25, 0.3) is 0 Å². The molecule has 0 aromatic heterocycles. The fourth-order valence-corrected chi connectivity index (χ4v) is 4.86. The van der Waals surface area contributed by atoms with E-state index in [1.165, 1.54) is 0 Å².